The van der Waals surface area contributed by atoms with Crippen molar-refractivity contribution in [1.29, 1.82) is 0 Å². The van der Waals surface area contributed by atoms with E-state index in [2.05, 4.69) is 221 Å². The molecule has 4 aliphatic rings. The zero-order valence-corrected chi connectivity index (χ0v) is 35.3. The summed E-state index contributed by atoms with van der Waals surface area (Å²) in [5, 5.41) is 8.55. The van der Waals surface area contributed by atoms with Crippen LogP contribution in [0.5, 0.6) is 0 Å². The summed E-state index contributed by atoms with van der Waals surface area (Å²) in [6, 6.07) is 73.0. The number of fused-ring (bicyclic) bond motifs is 20. The number of aryl methyl sites for hydroxylation is 2. The second-order valence-corrected chi connectivity index (χ2v) is 21.8. The van der Waals surface area contributed by atoms with Gasteiger partial charge in [0, 0.05) is 16.7 Å². The van der Waals surface area contributed by atoms with Crippen LogP contribution in [0.15, 0.2) is 188 Å². The standard InChI is InChI=1S/C58H43NSi/c1-36-25-30-45-48(33-36)58(49-34-37(2)26-31-46(49)57(45,3)4)47-20-10-11-21-50(47)59(51-32-27-38-15-5-6-16-40(38)56(51)58)39-28-29-44-43-19-9-14-24-54(43)60(55(44)35-39)52-22-12-7-17-41(52)42-18-8-13-23-53(42)60/h5-35H,1-4H3. The van der Waals surface area contributed by atoms with Gasteiger partial charge in [0.1, 0.15) is 0 Å². The van der Waals surface area contributed by atoms with Crippen LogP contribution in [0, 0.1) is 13.8 Å². The lowest BCUT2D eigenvalue weighted by Gasteiger charge is -2.53. The molecule has 3 heterocycles. The van der Waals surface area contributed by atoms with Crippen molar-refractivity contribution in [2.24, 2.45) is 0 Å². The molecule has 9 aromatic carbocycles. The highest BCUT2D eigenvalue weighted by Crippen LogP contribution is 2.64. The van der Waals surface area contributed by atoms with Crippen molar-refractivity contribution in [3.8, 4) is 22.3 Å². The van der Waals surface area contributed by atoms with E-state index < -0.39 is 13.5 Å². The average molecular weight is 782 g/mol. The van der Waals surface area contributed by atoms with Gasteiger partial charge < -0.3 is 4.90 Å². The first-order valence-corrected chi connectivity index (χ1v) is 23.4. The second kappa shape index (κ2) is 11.7. The minimum Gasteiger partial charge on any atom is -0.310 e. The predicted molar refractivity (Wildman–Crippen MR) is 254 cm³/mol. The summed E-state index contributed by atoms with van der Waals surface area (Å²) >= 11 is 0. The van der Waals surface area contributed by atoms with Crippen LogP contribution in [0.25, 0.3) is 33.0 Å². The molecule has 0 fully saturated rings. The lowest BCUT2D eigenvalue weighted by molar-refractivity contribution is 0.557. The highest BCUT2D eigenvalue weighted by atomic mass is 28.3. The van der Waals surface area contributed by atoms with Gasteiger partial charge in [0.25, 0.3) is 0 Å². The van der Waals surface area contributed by atoms with E-state index in [9.17, 15) is 0 Å². The number of benzene rings is 9. The Hall–Kier alpha value is -6.74. The molecular formula is C58H43NSi. The maximum atomic E-state index is 2.62. The molecule has 0 atom stereocenters. The zero-order valence-electron chi connectivity index (χ0n) is 34.3. The van der Waals surface area contributed by atoms with Crippen LogP contribution in [0.3, 0.4) is 0 Å². The van der Waals surface area contributed by atoms with Crippen LogP contribution >= 0.6 is 0 Å². The molecule has 2 spiro atoms. The Kier molecular flexibility index (Phi) is 6.67. The molecule has 0 unspecified atom stereocenters. The molecule has 0 amide bonds. The van der Waals surface area contributed by atoms with Crippen LogP contribution in [0.4, 0.5) is 17.1 Å². The third-order valence-corrected chi connectivity index (χ3v) is 19.8. The summed E-state index contributed by atoms with van der Waals surface area (Å²) in [4.78, 5) is 2.62. The second-order valence-electron chi connectivity index (χ2n) is 18.1. The van der Waals surface area contributed by atoms with Crippen LogP contribution in [-0.2, 0) is 10.8 Å². The Balaban J connectivity index is 1.16. The molecule has 0 aromatic heterocycles. The van der Waals surface area contributed by atoms with Crippen LogP contribution in [0.2, 0.25) is 0 Å². The number of hydrogen-bond donors (Lipinski definition) is 0. The van der Waals surface area contributed by atoms with E-state index in [-0.39, 0.29) is 5.41 Å². The van der Waals surface area contributed by atoms with Gasteiger partial charge >= 0.3 is 0 Å². The molecule has 9 aromatic rings. The summed E-state index contributed by atoms with van der Waals surface area (Å²) < 4.78 is 0. The molecule has 0 N–H and O–H groups in total. The van der Waals surface area contributed by atoms with E-state index >= 15 is 0 Å². The largest absolute Gasteiger partial charge is 0.310 e. The van der Waals surface area contributed by atoms with Gasteiger partial charge in [0.2, 0.25) is 0 Å². The molecule has 1 nitrogen and oxygen atoms in total. The van der Waals surface area contributed by atoms with Crippen molar-refractivity contribution < 1.29 is 0 Å². The van der Waals surface area contributed by atoms with Gasteiger partial charge in [0.05, 0.1) is 16.8 Å². The smallest absolute Gasteiger partial charge is 0.182 e. The first-order chi connectivity index (χ1) is 29.3. The third kappa shape index (κ3) is 3.98. The fourth-order valence-corrected chi connectivity index (χ4v) is 18.1. The van der Waals surface area contributed by atoms with E-state index in [0.717, 1.165) is 0 Å². The first kappa shape index (κ1) is 34.2. The molecule has 0 saturated heterocycles. The molecule has 0 bridgehead atoms. The van der Waals surface area contributed by atoms with Crippen LogP contribution in [-0.4, -0.2) is 8.07 Å². The lowest BCUT2D eigenvalue weighted by atomic mass is 9.52. The summed E-state index contributed by atoms with van der Waals surface area (Å²) in [5.74, 6) is 0. The molecule has 0 saturated carbocycles. The summed E-state index contributed by atoms with van der Waals surface area (Å²) in [6.45, 7) is 9.38. The Morgan fingerprint density at radius 3 is 1.57 bits per heavy atom. The number of para-hydroxylation sites is 1. The molecule has 1 aliphatic carbocycles. The van der Waals surface area contributed by atoms with E-state index in [4.69, 9.17) is 0 Å². The fraction of sp³-hybridized carbons (Fsp3) is 0.103. The van der Waals surface area contributed by atoms with Gasteiger partial charge in [-0.3, -0.25) is 0 Å². The minimum atomic E-state index is -2.66. The van der Waals surface area contributed by atoms with Crippen molar-refractivity contribution in [1.82, 2.24) is 0 Å². The fourth-order valence-electron chi connectivity index (χ4n) is 12.5. The lowest BCUT2D eigenvalue weighted by Crippen LogP contribution is -2.70. The highest BCUT2D eigenvalue weighted by Gasteiger charge is 2.56. The Labute approximate surface area is 353 Å². The first-order valence-electron chi connectivity index (χ1n) is 21.4. The molecule has 0 radical (unpaired) electrons. The van der Waals surface area contributed by atoms with Crippen molar-refractivity contribution >= 4 is 56.7 Å². The van der Waals surface area contributed by atoms with Crippen LogP contribution < -0.4 is 25.6 Å². The SMILES string of the molecule is Cc1ccc2c(c1)C1(c3ccccc3N(c3ccc4c(c3)[Si]3(c5ccccc5-c5ccccc53)c3ccccc3-4)c3ccc4ccccc4c31)c1cc(C)ccc1C2(C)C. The van der Waals surface area contributed by atoms with Crippen molar-refractivity contribution in [2.45, 2.75) is 38.5 Å². The monoisotopic (exact) mass is 781 g/mol. The molecule has 2 heteroatoms. The summed E-state index contributed by atoms with van der Waals surface area (Å²) in [6.07, 6.45) is 0. The van der Waals surface area contributed by atoms with E-state index in [1.807, 2.05) is 0 Å². The van der Waals surface area contributed by atoms with Gasteiger partial charge in [-0.15, -0.1) is 0 Å². The number of rotatable bonds is 1. The minimum absolute atomic E-state index is 0.185. The van der Waals surface area contributed by atoms with Crippen LogP contribution in [0.1, 0.15) is 58.4 Å². The molecule has 284 valence electrons. The Bertz CT molecular complexity index is 3230. The number of anilines is 3. The molecule has 3 aliphatic heterocycles. The Morgan fingerprint density at radius 2 is 0.933 bits per heavy atom. The zero-order chi connectivity index (χ0) is 40.1. The van der Waals surface area contributed by atoms with Gasteiger partial charge in [-0.05, 0) is 120 Å². The topological polar surface area (TPSA) is 3.24 Å². The van der Waals surface area contributed by atoms with Gasteiger partial charge in [0.15, 0.2) is 8.07 Å². The molecule has 13 rings (SSSR count). The number of nitrogens with zero attached hydrogens (tertiary/aromatic N) is 1. The van der Waals surface area contributed by atoms with E-state index in [1.54, 1.807) is 0 Å². The van der Waals surface area contributed by atoms with Gasteiger partial charge in [-0.2, -0.15) is 0 Å². The van der Waals surface area contributed by atoms with E-state index in [0.29, 0.717) is 0 Å². The summed E-state index contributed by atoms with van der Waals surface area (Å²) in [7, 11) is -2.66. The predicted octanol–water partition coefficient (Wildman–Crippen LogP) is 11.6. The normalized spacial score (nSPS) is 16.0. The maximum absolute atomic E-state index is 2.66. The summed E-state index contributed by atoms with van der Waals surface area (Å²) in [5.41, 5.74) is 19.3. The number of hydrogen-bond acceptors (Lipinski definition) is 1. The quantitative estimate of drug-likeness (QED) is 0.150. The van der Waals surface area contributed by atoms with Gasteiger partial charge in [-0.25, -0.2) is 0 Å². The maximum Gasteiger partial charge on any atom is 0.182 e. The van der Waals surface area contributed by atoms with Crippen molar-refractivity contribution in [3.63, 3.8) is 0 Å². The van der Waals surface area contributed by atoms with Crippen molar-refractivity contribution in [3.05, 3.63) is 233 Å². The van der Waals surface area contributed by atoms with Gasteiger partial charge in [-0.1, -0.05) is 189 Å². The average Bonchev–Trinajstić information content (AvgIpc) is 3.74. The highest BCUT2D eigenvalue weighted by molar-refractivity contribution is 7.24. The third-order valence-electron chi connectivity index (χ3n) is 14.8. The molecule has 60 heavy (non-hydrogen) atoms. The van der Waals surface area contributed by atoms with Crippen molar-refractivity contribution in [2.75, 3.05) is 4.90 Å². The molecular weight excluding hydrogens is 739 g/mol. The Morgan fingerprint density at radius 1 is 0.400 bits per heavy atom. The van der Waals surface area contributed by atoms with E-state index in [1.165, 1.54) is 115 Å².